The molecule has 34 heavy (non-hydrogen) atoms. The van der Waals surface area contributed by atoms with E-state index in [0.717, 1.165) is 13.1 Å². The van der Waals surface area contributed by atoms with Gasteiger partial charge in [-0.25, -0.2) is 14.4 Å². The predicted molar refractivity (Wildman–Crippen MR) is 131 cm³/mol. The summed E-state index contributed by atoms with van der Waals surface area (Å²) in [6.07, 6.45) is 0.766. The van der Waals surface area contributed by atoms with E-state index in [-0.39, 0.29) is 33.2 Å². The van der Waals surface area contributed by atoms with Gasteiger partial charge < -0.3 is 20.3 Å². The van der Waals surface area contributed by atoms with Crippen LogP contribution in [0.2, 0.25) is 10.0 Å². The van der Waals surface area contributed by atoms with Gasteiger partial charge in [-0.15, -0.1) is 0 Å². The molecule has 0 aliphatic carbocycles. The molecule has 2 heterocycles. The highest BCUT2D eigenvalue weighted by Crippen LogP contribution is 2.35. The number of carbonyl (C=O) groups excluding carboxylic acids is 1. The number of benzene rings is 2. The fourth-order valence-corrected chi connectivity index (χ4v) is 4.43. The summed E-state index contributed by atoms with van der Waals surface area (Å²) in [7, 11) is 2.04. The SMILES string of the molecule is CC(Oc1nc(-c2cccc(C(=O)N3CCN(C)CC3)c2)cnc1N)c1c(Cl)ccc(F)c1Cl. The molecule has 2 N–H and O–H groups in total. The quantitative estimate of drug-likeness (QED) is 0.508. The van der Waals surface area contributed by atoms with E-state index in [4.69, 9.17) is 33.7 Å². The average Bonchev–Trinajstić information content (AvgIpc) is 2.83. The van der Waals surface area contributed by atoms with Crippen LogP contribution in [0.25, 0.3) is 11.3 Å². The van der Waals surface area contributed by atoms with E-state index in [1.165, 1.54) is 18.3 Å². The van der Waals surface area contributed by atoms with Gasteiger partial charge in [-0.1, -0.05) is 35.3 Å². The summed E-state index contributed by atoms with van der Waals surface area (Å²) < 4.78 is 19.8. The molecule has 1 aliphatic heterocycles. The van der Waals surface area contributed by atoms with Crippen LogP contribution in [-0.4, -0.2) is 58.9 Å². The summed E-state index contributed by atoms with van der Waals surface area (Å²) in [5.74, 6) is -0.522. The third-order valence-corrected chi connectivity index (χ3v) is 6.45. The molecular weight excluding hydrogens is 480 g/mol. The van der Waals surface area contributed by atoms with Crippen LogP contribution in [0, 0.1) is 5.82 Å². The number of nitrogen functional groups attached to an aromatic ring is 1. The van der Waals surface area contributed by atoms with E-state index in [9.17, 15) is 9.18 Å². The van der Waals surface area contributed by atoms with Gasteiger partial charge in [-0.05, 0) is 38.2 Å². The molecule has 1 unspecified atom stereocenters. The smallest absolute Gasteiger partial charge is 0.258 e. The standard InChI is InChI=1S/C24H24Cl2FN5O2/c1-14(20-17(25)6-7-18(27)21(20)26)34-23-22(28)29-13-19(30-23)15-4-3-5-16(12-15)24(33)32-10-8-31(2)9-11-32/h3-7,12-14H,8-11H2,1-2H3,(H2,28,29). The Morgan fingerprint density at radius 3 is 2.65 bits per heavy atom. The molecule has 2 aromatic carbocycles. The van der Waals surface area contributed by atoms with Crippen molar-refractivity contribution in [3.8, 4) is 17.1 Å². The van der Waals surface area contributed by atoms with Crippen molar-refractivity contribution in [1.82, 2.24) is 19.8 Å². The highest BCUT2D eigenvalue weighted by molar-refractivity contribution is 6.36. The summed E-state index contributed by atoms with van der Waals surface area (Å²) in [4.78, 5) is 25.7. The fraction of sp³-hybridized carbons (Fsp3) is 0.292. The number of aromatic nitrogens is 2. The minimum atomic E-state index is -0.743. The monoisotopic (exact) mass is 503 g/mol. The van der Waals surface area contributed by atoms with Crippen molar-refractivity contribution in [2.24, 2.45) is 0 Å². The minimum absolute atomic E-state index is 0.0289. The molecule has 0 spiro atoms. The number of ether oxygens (including phenoxy) is 1. The Morgan fingerprint density at radius 1 is 1.18 bits per heavy atom. The van der Waals surface area contributed by atoms with E-state index in [0.29, 0.717) is 29.9 Å². The predicted octanol–water partition coefficient (Wildman–Crippen LogP) is 4.70. The first-order valence-electron chi connectivity index (χ1n) is 10.8. The van der Waals surface area contributed by atoms with Gasteiger partial charge in [-0.2, -0.15) is 0 Å². The molecule has 7 nitrogen and oxygen atoms in total. The summed E-state index contributed by atoms with van der Waals surface area (Å²) in [6.45, 7) is 4.71. The number of halogens is 3. The van der Waals surface area contributed by atoms with Crippen molar-refractivity contribution in [1.29, 1.82) is 0 Å². The molecular formula is C24H24Cl2FN5O2. The number of hydrogen-bond acceptors (Lipinski definition) is 6. The van der Waals surface area contributed by atoms with Gasteiger partial charge in [0.05, 0.1) is 16.9 Å². The van der Waals surface area contributed by atoms with Crippen LogP contribution in [0.1, 0.15) is 28.9 Å². The van der Waals surface area contributed by atoms with Gasteiger partial charge in [0.25, 0.3) is 11.8 Å². The number of piperazine rings is 1. The number of amides is 1. The molecule has 1 saturated heterocycles. The maximum Gasteiger partial charge on any atom is 0.258 e. The van der Waals surface area contributed by atoms with Crippen molar-refractivity contribution in [3.05, 3.63) is 69.6 Å². The van der Waals surface area contributed by atoms with Crippen molar-refractivity contribution in [2.75, 3.05) is 39.0 Å². The third-order valence-electron chi connectivity index (χ3n) is 5.74. The second-order valence-electron chi connectivity index (χ2n) is 8.14. The first-order chi connectivity index (χ1) is 16.2. The van der Waals surface area contributed by atoms with Crippen LogP contribution in [0.4, 0.5) is 10.2 Å². The zero-order valence-corrected chi connectivity index (χ0v) is 20.3. The van der Waals surface area contributed by atoms with Crippen molar-refractivity contribution >= 4 is 34.9 Å². The Bertz CT molecular complexity index is 1220. The van der Waals surface area contributed by atoms with Gasteiger partial charge in [0.15, 0.2) is 5.82 Å². The first-order valence-corrected chi connectivity index (χ1v) is 11.5. The van der Waals surface area contributed by atoms with E-state index in [1.54, 1.807) is 25.1 Å². The summed E-state index contributed by atoms with van der Waals surface area (Å²) in [6, 6.07) is 9.77. The van der Waals surface area contributed by atoms with Crippen LogP contribution in [0.15, 0.2) is 42.6 Å². The molecule has 1 amide bonds. The summed E-state index contributed by atoms with van der Waals surface area (Å²) in [5.41, 5.74) is 7.99. The van der Waals surface area contributed by atoms with Crippen LogP contribution in [0.5, 0.6) is 5.88 Å². The van der Waals surface area contributed by atoms with Gasteiger partial charge in [0.1, 0.15) is 11.9 Å². The highest BCUT2D eigenvalue weighted by Gasteiger charge is 2.22. The molecule has 0 saturated carbocycles. The topological polar surface area (TPSA) is 84.6 Å². The number of nitrogens with two attached hydrogens (primary N) is 1. The Balaban J connectivity index is 1.59. The Hall–Kier alpha value is -2.94. The molecule has 1 fully saturated rings. The Morgan fingerprint density at radius 2 is 1.91 bits per heavy atom. The molecule has 3 aromatic rings. The number of anilines is 1. The maximum atomic E-state index is 13.9. The van der Waals surface area contributed by atoms with Crippen molar-refractivity contribution in [3.63, 3.8) is 0 Å². The number of nitrogens with zero attached hydrogens (tertiary/aromatic N) is 4. The number of likely N-dealkylation sites (N-methyl/N-ethyl adjacent to an activating group) is 1. The lowest BCUT2D eigenvalue weighted by molar-refractivity contribution is 0.0664. The second kappa shape index (κ2) is 10.1. The van der Waals surface area contributed by atoms with Crippen LogP contribution >= 0.6 is 23.2 Å². The number of hydrogen-bond donors (Lipinski definition) is 1. The van der Waals surface area contributed by atoms with Gasteiger partial charge in [-0.3, -0.25) is 4.79 Å². The van der Waals surface area contributed by atoms with E-state index in [2.05, 4.69) is 14.9 Å². The highest BCUT2D eigenvalue weighted by atomic mass is 35.5. The van der Waals surface area contributed by atoms with Crippen molar-refractivity contribution < 1.29 is 13.9 Å². The van der Waals surface area contributed by atoms with E-state index in [1.807, 2.05) is 18.0 Å². The molecule has 4 rings (SSSR count). The first kappa shape index (κ1) is 24.2. The Kier molecular flexibility index (Phi) is 7.21. The van der Waals surface area contributed by atoms with E-state index >= 15 is 0 Å². The summed E-state index contributed by atoms with van der Waals surface area (Å²) >= 11 is 12.3. The lowest BCUT2D eigenvalue weighted by atomic mass is 10.1. The van der Waals surface area contributed by atoms with E-state index < -0.39 is 11.9 Å². The lowest BCUT2D eigenvalue weighted by Gasteiger charge is -2.32. The van der Waals surface area contributed by atoms with Crippen molar-refractivity contribution in [2.45, 2.75) is 13.0 Å². The second-order valence-corrected chi connectivity index (χ2v) is 8.92. The molecule has 1 atom stereocenters. The molecule has 0 radical (unpaired) electrons. The van der Waals surface area contributed by atoms with Gasteiger partial charge >= 0.3 is 0 Å². The largest absolute Gasteiger partial charge is 0.467 e. The van der Waals surface area contributed by atoms with Crippen LogP contribution < -0.4 is 10.5 Å². The lowest BCUT2D eigenvalue weighted by Crippen LogP contribution is -2.47. The molecule has 10 heteroatoms. The third kappa shape index (κ3) is 5.09. The van der Waals surface area contributed by atoms with Gasteiger partial charge in [0, 0.05) is 47.9 Å². The number of carbonyl (C=O) groups is 1. The van der Waals surface area contributed by atoms with Crippen LogP contribution in [-0.2, 0) is 0 Å². The summed E-state index contributed by atoms with van der Waals surface area (Å²) in [5, 5.41) is 0.134. The molecule has 0 bridgehead atoms. The Labute approximate surface area is 207 Å². The normalized spacial score (nSPS) is 15.3. The zero-order valence-electron chi connectivity index (χ0n) is 18.8. The minimum Gasteiger partial charge on any atom is -0.467 e. The number of rotatable bonds is 5. The molecule has 1 aliphatic rings. The molecule has 1 aromatic heterocycles. The van der Waals surface area contributed by atoms with Crippen LogP contribution in [0.3, 0.4) is 0 Å². The molecule has 178 valence electrons. The zero-order chi connectivity index (χ0) is 24.4. The van der Waals surface area contributed by atoms with Gasteiger partial charge in [0.2, 0.25) is 0 Å². The average molecular weight is 504 g/mol. The fourth-order valence-electron chi connectivity index (χ4n) is 3.75. The maximum absolute atomic E-state index is 13.9.